The average Bonchev–Trinajstić information content (AvgIpc) is 2.68. The maximum atomic E-state index is 12.7. The Hall–Kier alpha value is -2.15. The molecule has 0 radical (unpaired) electrons. The van der Waals surface area contributed by atoms with E-state index in [0.717, 1.165) is 11.3 Å². The summed E-state index contributed by atoms with van der Waals surface area (Å²) in [6, 6.07) is 8.07. The van der Waals surface area contributed by atoms with E-state index in [4.69, 9.17) is 5.26 Å². The number of imidazole rings is 1. The molecule has 2 rings (SSSR count). The first-order valence-corrected chi connectivity index (χ1v) is 4.46. The van der Waals surface area contributed by atoms with E-state index in [1.807, 2.05) is 6.07 Å². The van der Waals surface area contributed by atoms with Gasteiger partial charge >= 0.3 is 0 Å². The van der Waals surface area contributed by atoms with E-state index in [2.05, 4.69) is 9.97 Å². The largest absolute Gasteiger partial charge is 0.341 e. The minimum Gasteiger partial charge on any atom is -0.341 e. The Balaban J connectivity index is 2.30. The van der Waals surface area contributed by atoms with Crippen molar-refractivity contribution < 1.29 is 4.39 Å². The van der Waals surface area contributed by atoms with Crippen molar-refractivity contribution in [2.45, 2.75) is 6.42 Å². The van der Waals surface area contributed by atoms with Gasteiger partial charge in [-0.3, -0.25) is 0 Å². The number of hydrogen-bond donors (Lipinski definition) is 1. The highest BCUT2D eigenvalue weighted by molar-refractivity contribution is 5.54. The van der Waals surface area contributed by atoms with Crippen molar-refractivity contribution in [1.29, 1.82) is 5.26 Å². The van der Waals surface area contributed by atoms with E-state index < -0.39 is 0 Å². The molecule has 0 spiro atoms. The maximum absolute atomic E-state index is 12.7. The molecule has 0 aliphatic carbocycles. The van der Waals surface area contributed by atoms with Crippen molar-refractivity contribution >= 4 is 0 Å². The number of hydrogen-bond acceptors (Lipinski definition) is 2. The van der Waals surface area contributed by atoms with Gasteiger partial charge in [0.25, 0.3) is 0 Å². The molecule has 3 nitrogen and oxygen atoms in total. The van der Waals surface area contributed by atoms with Gasteiger partial charge in [0.15, 0.2) is 0 Å². The minimum atomic E-state index is -0.275. The van der Waals surface area contributed by atoms with Crippen LogP contribution in [0.1, 0.15) is 5.69 Å². The molecule has 1 heterocycles. The number of nitriles is 1. The summed E-state index contributed by atoms with van der Waals surface area (Å²) < 4.78 is 12.7. The summed E-state index contributed by atoms with van der Waals surface area (Å²) >= 11 is 0. The molecule has 0 saturated heterocycles. The molecule has 0 atom stereocenters. The molecule has 15 heavy (non-hydrogen) atoms. The highest BCUT2D eigenvalue weighted by atomic mass is 19.1. The Morgan fingerprint density at radius 1 is 1.33 bits per heavy atom. The lowest BCUT2D eigenvalue weighted by Crippen LogP contribution is -1.83. The van der Waals surface area contributed by atoms with E-state index in [0.29, 0.717) is 12.2 Å². The summed E-state index contributed by atoms with van der Waals surface area (Å²) in [7, 11) is 0. The van der Waals surface area contributed by atoms with Gasteiger partial charge in [-0.05, 0) is 24.3 Å². The van der Waals surface area contributed by atoms with Crippen molar-refractivity contribution in [3.05, 3.63) is 42.0 Å². The second-order valence-electron chi connectivity index (χ2n) is 3.10. The standard InChI is InChI=1S/C11H8FN3/c12-9-3-1-8(2-4-9)11-14-7-10(15-11)5-6-13/h1-4,7H,5H2,(H,14,15). The molecule has 2 aromatic rings. The molecule has 0 aliphatic heterocycles. The third kappa shape index (κ3) is 2.02. The second kappa shape index (κ2) is 3.93. The van der Waals surface area contributed by atoms with Gasteiger partial charge in [0.05, 0.1) is 12.5 Å². The second-order valence-corrected chi connectivity index (χ2v) is 3.10. The molecule has 4 heteroatoms. The molecule has 0 fully saturated rings. The first-order valence-electron chi connectivity index (χ1n) is 4.46. The van der Waals surface area contributed by atoms with Gasteiger partial charge in [-0.15, -0.1) is 0 Å². The van der Waals surface area contributed by atoms with Crippen LogP contribution in [0.15, 0.2) is 30.5 Å². The number of halogens is 1. The lowest BCUT2D eigenvalue weighted by Gasteiger charge is -1.95. The molecular formula is C11H8FN3. The van der Waals surface area contributed by atoms with Crippen LogP contribution in [-0.2, 0) is 6.42 Å². The van der Waals surface area contributed by atoms with E-state index >= 15 is 0 Å². The lowest BCUT2D eigenvalue weighted by molar-refractivity contribution is 0.628. The molecule has 0 unspecified atom stereocenters. The molecule has 1 N–H and O–H groups in total. The van der Waals surface area contributed by atoms with Crippen LogP contribution < -0.4 is 0 Å². The maximum Gasteiger partial charge on any atom is 0.137 e. The fraction of sp³-hybridized carbons (Fsp3) is 0.0909. The van der Waals surface area contributed by atoms with Crippen LogP contribution >= 0.6 is 0 Å². The molecule has 0 aliphatic rings. The average molecular weight is 201 g/mol. The van der Waals surface area contributed by atoms with Gasteiger partial charge in [-0.1, -0.05) is 0 Å². The van der Waals surface area contributed by atoms with Crippen LogP contribution in [0.25, 0.3) is 11.4 Å². The number of aromatic amines is 1. The lowest BCUT2D eigenvalue weighted by atomic mass is 10.2. The van der Waals surface area contributed by atoms with Crippen LogP contribution in [0.4, 0.5) is 4.39 Å². The van der Waals surface area contributed by atoms with E-state index in [1.165, 1.54) is 12.1 Å². The van der Waals surface area contributed by atoms with Crippen LogP contribution in [0, 0.1) is 17.1 Å². The fourth-order valence-electron chi connectivity index (χ4n) is 1.29. The van der Waals surface area contributed by atoms with Crippen molar-refractivity contribution in [3.8, 4) is 17.5 Å². The van der Waals surface area contributed by atoms with Gasteiger partial charge < -0.3 is 4.98 Å². The summed E-state index contributed by atoms with van der Waals surface area (Å²) in [6.45, 7) is 0. The van der Waals surface area contributed by atoms with Crippen molar-refractivity contribution in [2.75, 3.05) is 0 Å². The summed E-state index contributed by atoms with van der Waals surface area (Å²) in [5.74, 6) is 0.378. The van der Waals surface area contributed by atoms with Crippen molar-refractivity contribution in [3.63, 3.8) is 0 Å². The molecule has 74 valence electrons. The summed E-state index contributed by atoms with van der Waals surface area (Å²) in [5, 5.41) is 8.49. The van der Waals surface area contributed by atoms with Crippen LogP contribution in [0.2, 0.25) is 0 Å². The van der Waals surface area contributed by atoms with Gasteiger partial charge in [-0.25, -0.2) is 9.37 Å². The number of nitrogens with zero attached hydrogens (tertiary/aromatic N) is 2. The Bertz CT molecular complexity index is 493. The Morgan fingerprint density at radius 2 is 2.07 bits per heavy atom. The molecule has 0 saturated carbocycles. The Labute approximate surface area is 86.2 Å². The van der Waals surface area contributed by atoms with Gasteiger partial charge in [0.2, 0.25) is 0 Å². The smallest absolute Gasteiger partial charge is 0.137 e. The quantitative estimate of drug-likeness (QED) is 0.810. The predicted octanol–water partition coefficient (Wildman–Crippen LogP) is 2.28. The zero-order chi connectivity index (χ0) is 10.7. The molecule has 0 bridgehead atoms. The molecule has 1 aromatic heterocycles. The minimum absolute atomic E-state index is 0.275. The third-order valence-corrected chi connectivity index (χ3v) is 2.02. The SMILES string of the molecule is N#CCc1cnc(-c2ccc(F)cc2)[nH]1. The van der Waals surface area contributed by atoms with Crippen LogP contribution in [0.5, 0.6) is 0 Å². The third-order valence-electron chi connectivity index (χ3n) is 2.02. The zero-order valence-electron chi connectivity index (χ0n) is 7.87. The number of aromatic nitrogens is 2. The summed E-state index contributed by atoms with van der Waals surface area (Å²) in [4.78, 5) is 7.10. The predicted molar refractivity (Wildman–Crippen MR) is 53.3 cm³/mol. The molecular weight excluding hydrogens is 193 g/mol. The van der Waals surface area contributed by atoms with Gasteiger partial charge in [-0.2, -0.15) is 5.26 Å². The van der Waals surface area contributed by atoms with Crippen LogP contribution in [0.3, 0.4) is 0 Å². The van der Waals surface area contributed by atoms with Crippen LogP contribution in [-0.4, -0.2) is 9.97 Å². The first kappa shape index (κ1) is 9.41. The monoisotopic (exact) mass is 201 g/mol. The summed E-state index contributed by atoms with van der Waals surface area (Å²) in [5.41, 5.74) is 1.57. The van der Waals surface area contributed by atoms with Crippen molar-refractivity contribution in [2.24, 2.45) is 0 Å². The number of H-pyrrole nitrogens is 1. The fourth-order valence-corrected chi connectivity index (χ4v) is 1.29. The number of benzene rings is 1. The highest BCUT2D eigenvalue weighted by Gasteiger charge is 2.02. The highest BCUT2D eigenvalue weighted by Crippen LogP contribution is 2.15. The topological polar surface area (TPSA) is 52.5 Å². The van der Waals surface area contributed by atoms with Gasteiger partial charge in [0, 0.05) is 17.5 Å². The zero-order valence-corrected chi connectivity index (χ0v) is 7.87. The van der Waals surface area contributed by atoms with E-state index in [9.17, 15) is 4.39 Å². The number of nitrogens with one attached hydrogen (secondary N) is 1. The Morgan fingerprint density at radius 3 is 2.73 bits per heavy atom. The normalized spacial score (nSPS) is 9.87. The molecule has 0 amide bonds. The van der Waals surface area contributed by atoms with Gasteiger partial charge in [0.1, 0.15) is 11.6 Å². The first-order chi connectivity index (χ1) is 7.29. The molecule has 1 aromatic carbocycles. The van der Waals surface area contributed by atoms with Crippen molar-refractivity contribution in [1.82, 2.24) is 9.97 Å². The number of rotatable bonds is 2. The van der Waals surface area contributed by atoms with E-state index in [1.54, 1.807) is 18.3 Å². The summed E-state index contributed by atoms with van der Waals surface area (Å²) in [6.07, 6.45) is 1.91. The Kier molecular flexibility index (Phi) is 2.46. The van der Waals surface area contributed by atoms with E-state index in [-0.39, 0.29) is 5.82 Å².